The highest BCUT2D eigenvalue weighted by Gasteiger charge is 2.17. The number of aromatic amines is 1. The maximum Gasteiger partial charge on any atom is 0.231 e. The van der Waals surface area contributed by atoms with E-state index in [1.165, 1.54) is 5.39 Å². The van der Waals surface area contributed by atoms with Crippen LogP contribution in [0.4, 0.5) is 17.5 Å². The topological polar surface area (TPSA) is 78.5 Å². The van der Waals surface area contributed by atoms with Gasteiger partial charge in [-0.2, -0.15) is 9.97 Å². The van der Waals surface area contributed by atoms with Crippen LogP contribution in [0.2, 0.25) is 0 Å². The van der Waals surface area contributed by atoms with E-state index in [0.29, 0.717) is 23.2 Å². The van der Waals surface area contributed by atoms with Crippen LogP contribution in [0.3, 0.4) is 0 Å². The summed E-state index contributed by atoms with van der Waals surface area (Å²) in [6, 6.07) is 14.4. The Labute approximate surface area is 157 Å². The third kappa shape index (κ3) is 3.60. The summed E-state index contributed by atoms with van der Waals surface area (Å²) < 4.78 is 0. The van der Waals surface area contributed by atoms with E-state index in [4.69, 9.17) is 0 Å². The molecule has 0 saturated heterocycles. The van der Waals surface area contributed by atoms with E-state index in [0.717, 1.165) is 16.6 Å². The Morgan fingerprint density at radius 2 is 1.78 bits per heavy atom. The third-order valence-electron chi connectivity index (χ3n) is 4.06. The molecule has 6 nitrogen and oxygen atoms in total. The third-order valence-corrected chi connectivity index (χ3v) is 4.06. The fourth-order valence-electron chi connectivity index (χ4n) is 2.91. The number of aromatic nitrogens is 4. The van der Waals surface area contributed by atoms with Crippen molar-refractivity contribution in [1.82, 2.24) is 19.9 Å². The highest BCUT2D eigenvalue weighted by Crippen LogP contribution is 2.26. The first kappa shape index (κ1) is 17.0. The van der Waals surface area contributed by atoms with Gasteiger partial charge >= 0.3 is 0 Å². The first-order valence-corrected chi connectivity index (χ1v) is 8.85. The quantitative estimate of drug-likeness (QED) is 0.473. The molecule has 0 atom stereocenters. The van der Waals surface area contributed by atoms with Gasteiger partial charge in [-0.15, -0.1) is 0 Å². The van der Waals surface area contributed by atoms with Crippen molar-refractivity contribution in [2.45, 2.75) is 26.3 Å². The smallest absolute Gasteiger partial charge is 0.231 e. The maximum absolute atomic E-state index is 4.67. The van der Waals surface area contributed by atoms with Crippen LogP contribution in [-0.4, -0.2) is 25.5 Å². The summed E-state index contributed by atoms with van der Waals surface area (Å²) in [5.41, 5.74) is 2.13. The molecular formula is C21H22N6. The van der Waals surface area contributed by atoms with E-state index in [1.54, 1.807) is 6.08 Å². The summed E-state index contributed by atoms with van der Waals surface area (Å²) in [6.07, 6.45) is 1.67. The minimum atomic E-state index is -0.152. The molecule has 0 aliphatic carbocycles. The standard InChI is InChI=1S/C21H22N6/c1-5-16-23-17-18(24-16)25-20(26-19(17)27-21(2,3)4)22-15-11-10-13-8-6-7-9-14(13)12-15/h5-12H,1H2,2-4H3,(H3,22,23,24,25,26,27). The number of imidazole rings is 1. The van der Waals surface area contributed by atoms with Gasteiger partial charge in [-0.05, 0) is 49.8 Å². The molecule has 2 heterocycles. The van der Waals surface area contributed by atoms with Gasteiger partial charge in [0.15, 0.2) is 11.5 Å². The van der Waals surface area contributed by atoms with Crippen molar-refractivity contribution < 1.29 is 0 Å². The molecule has 0 bridgehead atoms. The van der Waals surface area contributed by atoms with Crippen molar-refractivity contribution in [3.05, 3.63) is 54.9 Å². The molecule has 136 valence electrons. The van der Waals surface area contributed by atoms with Crippen molar-refractivity contribution in [3.63, 3.8) is 0 Å². The number of fused-ring (bicyclic) bond motifs is 2. The molecule has 4 aromatic rings. The van der Waals surface area contributed by atoms with Crippen LogP contribution in [0, 0.1) is 0 Å². The van der Waals surface area contributed by atoms with E-state index in [2.05, 4.69) is 82.2 Å². The van der Waals surface area contributed by atoms with Gasteiger partial charge in [-0.1, -0.05) is 36.9 Å². The monoisotopic (exact) mass is 358 g/mol. The van der Waals surface area contributed by atoms with Crippen LogP contribution < -0.4 is 10.6 Å². The van der Waals surface area contributed by atoms with Crippen LogP contribution in [0.1, 0.15) is 26.6 Å². The Hall–Kier alpha value is -3.41. The molecule has 0 spiro atoms. The lowest BCUT2D eigenvalue weighted by molar-refractivity contribution is 0.631. The molecule has 0 aliphatic heterocycles. The van der Waals surface area contributed by atoms with E-state index in [1.807, 2.05) is 18.2 Å². The molecule has 0 amide bonds. The SMILES string of the molecule is C=Cc1nc2nc(Nc3ccc4ccccc4c3)nc(NC(C)(C)C)c2[nH]1. The Morgan fingerprint density at radius 1 is 1.00 bits per heavy atom. The van der Waals surface area contributed by atoms with Gasteiger partial charge in [0.1, 0.15) is 11.3 Å². The van der Waals surface area contributed by atoms with Gasteiger partial charge in [-0.25, -0.2) is 4.98 Å². The molecule has 6 heteroatoms. The number of nitrogens with zero attached hydrogens (tertiary/aromatic N) is 3. The molecule has 4 rings (SSSR count). The number of anilines is 3. The second kappa shape index (κ2) is 6.39. The molecule has 0 aliphatic rings. The number of hydrogen-bond donors (Lipinski definition) is 3. The van der Waals surface area contributed by atoms with Gasteiger partial charge in [0.2, 0.25) is 5.95 Å². The Morgan fingerprint density at radius 3 is 2.52 bits per heavy atom. The second-order valence-corrected chi connectivity index (χ2v) is 7.48. The number of benzene rings is 2. The van der Waals surface area contributed by atoms with Gasteiger partial charge in [-0.3, -0.25) is 0 Å². The predicted molar refractivity (Wildman–Crippen MR) is 112 cm³/mol. The molecule has 0 radical (unpaired) electrons. The summed E-state index contributed by atoms with van der Waals surface area (Å²) in [6.45, 7) is 10.0. The maximum atomic E-state index is 4.67. The van der Waals surface area contributed by atoms with E-state index < -0.39 is 0 Å². The van der Waals surface area contributed by atoms with Crippen molar-refractivity contribution in [2.24, 2.45) is 0 Å². The zero-order chi connectivity index (χ0) is 19.0. The molecule has 2 aromatic carbocycles. The molecule has 3 N–H and O–H groups in total. The van der Waals surface area contributed by atoms with Gasteiger partial charge < -0.3 is 15.6 Å². The Balaban J connectivity index is 1.76. The minimum Gasteiger partial charge on any atom is -0.364 e. The number of H-pyrrole nitrogens is 1. The lowest BCUT2D eigenvalue weighted by atomic mass is 10.1. The van der Waals surface area contributed by atoms with Crippen molar-refractivity contribution in [1.29, 1.82) is 0 Å². The predicted octanol–water partition coefficient (Wildman–Crippen LogP) is 5.10. The lowest BCUT2D eigenvalue weighted by Gasteiger charge is -2.21. The fraction of sp³-hybridized carbons (Fsp3) is 0.190. The fourth-order valence-corrected chi connectivity index (χ4v) is 2.91. The van der Waals surface area contributed by atoms with Gasteiger partial charge in [0.05, 0.1) is 0 Å². The van der Waals surface area contributed by atoms with Crippen LogP contribution in [0.15, 0.2) is 49.0 Å². The summed E-state index contributed by atoms with van der Waals surface area (Å²) in [5, 5.41) is 9.07. The molecule has 27 heavy (non-hydrogen) atoms. The first-order valence-electron chi connectivity index (χ1n) is 8.85. The zero-order valence-corrected chi connectivity index (χ0v) is 15.7. The Bertz CT molecular complexity index is 1140. The second-order valence-electron chi connectivity index (χ2n) is 7.48. The molecule has 0 fully saturated rings. The highest BCUT2D eigenvalue weighted by atomic mass is 15.2. The number of rotatable bonds is 4. The van der Waals surface area contributed by atoms with Crippen LogP contribution in [0.5, 0.6) is 0 Å². The van der Waals surface area contributed by atoms with Crippen LogP contribution >= 0.6 is 0 Å². The normalized spacial score (nSPS) is 11.7. The molecule has 0 unspecified atom stereocenters. The van der Waals surface area contributed by atoms with E-state index in [9.17, 15) is 0 Å². The van der Waals surface area contributed by atoms with Crippen LogP contribution in [-0.2, 0) is 0 Å². The summed E-state index contributed by atoms with van der Waals surface area (Å²) in [4.78, 5) is 16.9. The summed E-state index contributed by atoms with van der Waals surface area (Å²) in [7, 11) is 0. The highest BCUT2D eigenvalue weighted by molar-refractivity contribution is 5.88. The van der Waals surface area contributed by atoms with Crippen molar-refractivity contribution in [3.8, 4) is 0 Å². The minimum absolute atomic E-state index is 0.152. The number of hydrogen-bond acceptors (Lipinski definition) is 5. The molecular weight excluding hydrogens is 336 g/mol. The summed E-state index contributed by atoms with van der Waals surface area (Å²) >= 11 is 0. The van der Waals surface area contributed by atoms with Gasteiger partial charge in [0, 0.05) is 11.2 Å². The van der Waals surface area contributed by atoms with E-state index in [-0.39, 0.29) is 5.54 Å². The molecule has 2 aromatic heterocycles. The largest absolute Gasteiger partial charge is 0.364 e. The van der Waals surface area contributed by atoms with Gasteiger partial charge in [0.25, 0.3) is 0 Å². The summed E-state index contributed by atoms with van der Waals surface area (Å²) in [5.74, 6) is 1.86. The molecule has 0 saturated carbocycles. The van der Waals surface area contributed by atoms with E-state index >= 15 is 0 Å². The van der Waals surface area contributed by atoms with Crippen LogP contribution in [0.25, 0.3) is 28.0 Å². The Kier molecular flexibility index (Phi) is 4.03. The first-order chi connectivity index (χ1) is 12.9. The lowest BCUT2D eigenvalue weighted by Crippen LogP contribution is -2.27. The van der Waals surface area contributed by atoms with Crippen molar-refractivity contribution in [2.75, 3.05) is 10.6 Å². The zero-order valence-electron chi connectivity index (χ0n) is 15.7. The van der Waals surface area contributed by atoms with Crippen molar-refractivity contribution >= 4 is 45.5 Å². The number of nitrogens with one attached hydrogen (secondary N) is 3. The average Bonchev–Trinajstić information content (AvgIpc) is 3.04. The average molecular weight is 358 g/mol.